The van der Waals surface area contributed by atoms with Crippen molar-refractivity contribution in [1.29, 1.82) is 0 Å². The van der Waals surface area contributed by atoms with E-state index in [2.05, 4.69) is 5.32 Å². The predicted molar refractivity (Wildman–Crippen MR) is 68.2 cm³/mol. The quantitative estimate of drug-likeness (QED) is 0.838. The lowest BCUT2D eigenvalue weighted by Gasteiger charge is -2.15. The molecule has 1 aromatic carbocycles. The molecular weight excluding hydrogens is 238 g/mol. The molecule has 96 valence electrons. The SMILES string of the molecule is CCC(CS(=O)(=O)c1ccccc1OC)NC. The fraction of sp³-hybridized carbons (Fsp3) is 0.500. The molecule has 1 N–H and O–H groups in total. The van der Waals surface area contributed by atoms with E-state index < -0.39 is 9.84 Å². The van der Waals surface area contributed by atoms with Crippen LogP contribution in [-0.4, -0.2) is 34.4 Å². The van der Waals surface area contributed by atoms with E-state index in [4.69, 9.17) is 4.74 Å². The Balaban J connectivity index is 3.04. The highest BCUT2D eigenvalue weighted by Gasteiger charge is 2.22. The molecule has 0 saturated heterocycles. The average Bonchev–Trinajstić information content (AvgIpc) is 2.35. The van der Waals surface area contributed by atoms with Gasteiger partial charge in [0.05, 0.1) is 12.9 Å². The van der Waals surface area contributed by atoms with Gasteiger partial charge in [0.15, 0.2) is 9.84 Å². The summed E-state index contributed by atoms with van der Waals surface area (Å²) in [5, 5.41) is 3.00. The number of hydrogen-bond donors (Lipinski definition) is 1. The van der Waals surface area contributed by atoms with Crippen LogP contribution < -0.4 is 10.1 Å². The molecule has 5 heteroatoms. The number of ether oxygens (including phenoxy) is 1. The third-order valence-corrected chi connectivity index (χ3v) is 4.57. The Kier molecular flexibility index (Phi) is 4.96. The number of nitrogens with one attached hydrogen (secondary N) is 1. The highest BCUT2D eigenvalue weighted by molar-refractivity contribution is 7.91. The van der Waals surface area contributed by atoms with Crippen LogP contribution in [-0.2, 0) is 9.84 Å². The maximum Gasteiger partial charge on any atom is 0.183 e. The third-order valence-electron chi connectivity index (χ3n) is 2.73. The zero-order valence-corrected chi connectivity index (χ0v) is 11.3. The molecule has 0 bridgehead atoms. The van der Waals surface area contributed by atoms with Crippen molar-refractivity contribution < 1.29 is 13.2 Å². The van der Waals surface area contributed by atoms with E-state index >= 15 is 0 Å². The minimum Gasteiger partial charge on any atom is -0.495 e. The van der Waals surface area contributed by atoms with E-state index in [1.54, 1.807) is 31.3 Å². The number of para-hydroxylation sites is 1. The first kappa shape index (κ1) is 14.0. The van der Waals surface area contributed by atoms with E-state index in [0.717, 1.165) is 6.42 Å². The smallest absolute Gasteiger partial charge is 0.183 e. The summed E-state index contributed by atoms with van der Waals surface area (Å²) in [5.41, 5.74) is 0. The number of benzene rings is 1. The standard InChI is InChI=1S/C12H19NO3S/c1-4-10(13-2)9-17(14,15)12-8-6-5-7-11(12)16-3/h5-8,10,13H,4,9H2,1-3H3. The molecule has 1 rings (SSSR count). The van der Waals surface area contributed by atoms with Crippen LogP contribution in [0.5, 0.6) is 5.75 Å². The first-order valence-corrected chi connectivity index (χ1v) is 7.23. The molecule has 1 aromatic rings. The van der Waals surface area contributed by atoms with Crippen LogP contribution in [0.15, 0.2) is 29.2 Å². The molecule has 0 aliphatic carbocycles. The summed E-state index contributed by atoms with van der Waals surface area (Å²) in [7, 11) is -0.0683. The van der Waals surface area contributed by atoms with Crippen LogP contribution in [0, 0.1) is 0 Å². The molecule has 0 saturated carbocycles. The second-order valence-corrected chi connectivity index (χ2v) is 5.83. The summed E-state index contributed by atoms with van der Waals surface area (Å²) < 4.78 is 29.5. The highest BCUT2D eigenvalue weighted by atomic mass is 32.2. The molecule has 0 spiro atoms. The van der Waals surface area contributed by atoms with Crippen molar-refractivity contribution in [2.24, 2.45) is 0 Å². The average molecular weight is 257 g/mol. The fourth-order valence-corrected chi connectivity index (χ4v) is 3.49. The molecule has 17 heavy (non-hydrogen) atoms. The normalized spacial score (nSPS) is 13.4. The molecule has 0 radical (unpaired) electrons. The first-order valence-electron chi connectivity index (χ1n) is 5.58. The van der Waals surface area contributed by atoms with Crippen molar-refractivity contribution in [3.8, 4) is 5.75 Å². The molecule has 0 fully saturated rings. The summed E-state index contributed by atoms with van der Waals surface area (Å²) in [6.07, 6.45) is 0.769. The lowest BCUT2D eigenvalue weighted by Crippen LogP contribution is -2.32. The Bertz CT molecular complexity index is 453. The zero-order chi connectivity index (χ0) is 12.9. The van der Waals surface area contributed by atoms with Gasteiger partial charge in [-0.1, -0.05) is 19.1 Å². The maximum atomic E-state index is 12.2. The van der Waals surface area contributed by atoms with Crippen molar-refractivity contribution in [2.75, 3.05) is 19.9 Å². The predicted octanol–water partition coefficient (Wildman–Crippen LogP) is 1.47. The zero-order valence-electron chi connectivity index (χ0n) is 10.4. The van der Waals surface area contributed by atoms with Gasteiger partial charge in [0, 0.05) is 6.04 Å². The first-order chi connectivity index (χ1) is 8.05. The second-order valence-electron chi connectivity index (χ2n) is 3.83. The molecule has 0 heterocycles. The third kappa shape index (κ3) is 3.44. The van der Waals surface area contributed by atoms with Gasteiger partial charge in [-0.3, -0.25) is 0 Å². The van der Waals surface area contributed by atoms with Crippen molar-refractivity contribution >= 4 is 9.84 Å². The molecule has 0 amide bonds. The van der Waals surface area contributed by atoms with E-state index in [9.17, 15) is 8.42 Å². The lowest BCUT2D eigenvalue weighted by molar-refractivity contribution is 0.402. The van der Waals surface area contributed by atoms with E-state index in [-0.39, 0.29) is 16.7 Å². The van der Waals surface area contributed by atoms with Crippen LogP contribution in [0.3, 0.4) is 0 Å². The van der Waals surface area contributed by atoms with Gasteiger partial charge in [0.1, 0.15) is 10.6 Å². The van der Waals surface area contributed by atoms with Gasteiger partial charge in [0.2, 0.25) is 0 Å². The second kappa shape index (κ2) is 6.02. The van der Waals surface area contributed by atoms with Gasteiger partial charge < -0.3 is 10.1 Å². The Morgan fingerprint density at radius 2 is 2.00 bits per heavy atom. The maximum absolute atomic E-state index is 12.2. The Morgan fingerprint density at radius 3 is 2.53 bits per heavy atom. The van der Waals surface area contributed by atoms with Gasteiger partial charge in [0.25, 0.3) is 0 Å². The molecular formula is C12H19NO3S. The molecule has 1 atom stereocenters. The number of hydrogen-bond acceptors (Lipinski definition) is 4. The van der Waals surface area contributed by atoms with Crippen molar-refractivity contribution in [2.45, 2.75) is 24.3 Å². The van der Waals surface area contributed by atoms with Crippen LogP contribution in [0.4, 0.5) is 0 Å². The van der Waals surface area contributed by atoms with Crippen molar-refractivity contribution in [3.05, 3.63) is 24.3 Å². The monoisotopic (exact) mass is 257 g/mol. The van der Waals surface area contributed by atoms with E-state index in [0.29, 0.717) is 5.75 Å². The van der Waals surface area contributed by atoms with Crippen LogP contribution >= 0.6 is 0 Å². The number of rotatable bonds is 6. The summed E-state index contributed by atoms with van der Waals surface area (Å²) in [4.78, 5) is 0.260. The lowest BCUT2D eigenvalue weighted by atomic mass is 10.3. The fourth-order valence-electron chi connectivity index (χ4n) is 1.64. The molecule has 1 unspecified atom stereocenters. The van der Waals surface area contributed by atoms with Crippen LogP contribution in [0.25, 0.3) is 0 Å². The largest absolute Gasteiger partial charge is 0.495 e. The van der Waals surface area contributed by atoms with Gasteiger partial charge in [-0.25, -0.2) is 8.42 Å². The van der Waals surface area contributed by atoms with Gasteiger partial charge in [-0.2, -0.15) is 0 Å². The van der Waals surface area contributed by atoms with Gasteiger partial charge in [-0.15, -0.1) is 0 Å². The highest BCUT2D eigenvalue weighted by Crippen LogP contribution is 2.24. The summed E-state index contributed by atoms with van der Waals surface area (Å²) in [6.45, 7) is 1.96. The molecule has 0 aromatic heterocycles. The summed E-state index contributed by atoms with van der Waals surface area (Å²) >= 11 is 0. The number of sulfone groups is 1. The minimum atomic E-state index is -3.31. The van der Waals surface area contributed by atoms with E-state index in [1.807, 2.05) is 6.92 Å². The summed E-state index contributed by atoms with van der Waals surface area (Å²) in [5.74, 6) is 0.485. The minimum absolute atomic E-state index is 0.0371. The topological polar surface area (TPSA) is 55.4 Å². The molecule has 0 aliphatic rings. The summed E-state index contributed by atoms with van der Waals surface area (Å²) in [6, 6.07) is 6.66. The van der Waals surface area contributed by atoms with Crippen molar-refractivity contribution in [3.63, 3.8) is 0 Å². The Labute approximate surface area is 103 Å². The Hall–Kier alpha value is -1.07. The Morgan fingerprint density at radius 1 is 1.35 bits per heavy atom. The van der Waals surface area contributed by atoms with Crippen LogP contribution in [0.2, 0.25) is 0 Å². The molecule has 4 nitrogen and oxygen atoms in total. The van der Waals surface area contributed by atoms with Gasteiger partial charge >= 0.3 is 0 Å². The van der Waals surface area contributed by atoms with Gasteiger partial charge in [-0.05, 0) is 25.6 Å². The number of methoxy groups -OCH3 is 1. The van der Waals surface area contributed by atoms with E-state index in [1.165, 1.54) is 7.11 Å². The molecule has 0 aliphatic heterocycles. The van der Waals surface area contributed by atoms with Crippen molar-refractivity contribution in [1.82, 2.24) is 5.32 Å². The van der Waals surface area contributed by atoms with Crippen LogP contribution in [0.1, 0.15) is 13.3 Å².